The number of halogens is 1. The summed E-state index contributed by atoms with van der Waals surface area (Å²) < 4.78 is 7.56. The third-order valence-corrected chi connectivity index (χ3v) is 6.47. The Balaban J connectivity index is 1.34. The molecule has 2 aliphatic heterocycles. The summed E-state index contributed by atoms with van der Waals surface area (Å²) in [5, 5.41) is 0.650. The lowest BCUT2D eigenvalue weighted by Crippen LogP contribution is -2.50. The minimum atomic E-state index is -0.00728. The van der Waals surface area contributed by atoms with Gasteiger partial charge in [-0.1, -0.05) is 41.9 Å². The molecule has 0 saturated carbocycles. The van der Waals surface area contributed by atoms with Crippen molar-refractivity contribution in [2.75, 3.05) is 19.7 Å². The highest BCUT2D eigenvalue weighted by Gasteiger charge is 2.36. The highest BCUT2D eigenvalue weighted by Crippen LogP contribution is 2.36. The van der Waals surface area contributed by atoms with Crippen molar-refractivity contribution in [3.63, 3.8) is 0 Å². The zero-order valence-corrected chi connectivity index (χ0v) is 17.8. The Morgan fingerprint density at radius 3 is 2.52 bits per heavy atom. The molecule has 1 saturated heterocycles. The first-order valence-electron chi connectivity index (χ1n) is 10.5. The second kappa shape index (κ2) is 8.23. The molecule has 158 valence electrons. The van der Waals surface area contributed by atoms with E-state index in [4.69, 9.17) is 16.3 Å². The molecular formula is C25H23ClN2O3. The van der Waals surface area contributed by atoms with Gasteiger partial charge < -0.3 is 14.2 Å². The Morgan fingerprint density at radius 1 is 0.968 bits per heavy atom. The SMILES string of the molecule is O=C(COc1ccccc1)N1C[C@@H]2C[C@H](C1)c1ccc(-c3ccc(Cl)cc3)c(=O)n1C2. The third-order valence-electron chi connectivity index (χ3n) is 6.22. The predicted octanol–water partition coefficient (Wildman–Crippen LogP) is 4.19. The molecule has 6 heteroatoms. The normalized spacial score (nSPS) is 19.6. The zero-order valence-electron chi connectivity index (χ0n) is 17.0. The van der Waals surface area contributed by atoms with Gasteiger partial charge >= 0.3 is 0 Å². The zero-order chi connectivity index (χ0) is 21.4. The summed E-state index contributed by atoms with van der Waals surface area (Å²) in [7, 11) is 0. The van der Waals surface area contributed by atoms with Crippen molar-refractivity contribution in [2.45, 2.75) is 18.9 Å². The van der Waals surface area contributed by atoms with Gasteiger partial charge in [0.15, 0.2) is 6.61 Å². The number of likely N-dealkylation sites (tertiary alicyclic amines) is 1. The topological polar surface area (TPSA) is 51.5 Å². The van der Waals surface area contributed by atoms with Gasteiger partial charge in [-0.15, -0.1) is 0 Å². The number of pyridine rings is 1. The molecule has 0 unspecified atom stereocenters. The van der Waals surface area contributed by atoms with E-state index in [1.165, 1.54) is 0 Å². The Morgan fingerprint density at radius 2 is 1.74 bits per heavy atom. The average molecular weight is 435 g/mol. The maximum atomic E-state index is 13.2. The Kier molecular flexibility index (Phi) is 5.28. The highest BCUT2D eigenvalue weighted by molar-refractivity contribution is 6.30. The van der Waals surface area contributed by atoms with Crippen LogP contribution in [0.4, 0.5) is 0 Å². The number of carbonyl (C=O) groups is 1. The minimum absolute atomic E-state index is 0.00728. The molecule has 0 spiro atoms. The summed E-state index contributed by atoms with van der Waals surface area (Å²) in [6.07, 6.45) is 1.00. The van der Waals surface area contributed by atoms with Crippen LogP contribution in [0.3, 0.4) is 0 Å². The number of ether oxygens (including phenoxy) is 1. The molecule has 2 atom stereocenters. The summed E-state index contributed by atoms with van der Waals surface area (Å²) in [6, 6.07) is 20.7. The third kappa shape index (κ3) is 3.98. The lowest BCUT2D eigenvalue weighted by molar-refractivity contribution is -0.136. The number of carbonyl (C=O) groups excluding carboxylic acids is 1. The van der Waals surface area contributed by atoms with Gasteiger partial charge in [0.1, 0.15) is 5.75 Å². The number of aromatic nitrogens is 1. The number of rotatable bonds is 4. The van der Waals surface area contributed by atoms with Gasteiger partial charge in [0.25, 0.3) is 11.5 Å². The minimum Gasteiger partial charge on any atom is -0.484 e. The number of para-hydroxylation sites is 1. The molecular weight excluding hydrogens is 412 g/mol. The van der Waals surface area contributed by atoms with Gasteiger partial charge in [-0.25, -0.2) is 0 Å². The molecule has 2 bridgehead atoms. The smallest absolute Gasteiger partial charge is 0.260 e. The molecule has 1 aromatic heterocycles. The van der Waals surface area contributed by atoms with E-state index in [9.17, 15) is 9.59 Å². The Bertz CT molecular complexity index is 1160. The van der Waals surface area contributed by atoms with Gasteiger partial charge in [0, 0.05) is 41.8 Å². The number of fused-ring (bicyclic) bond motifs is 4. The molecule has 1 amide bonds. The monoisotopic (exact) mass is 434 g/mol. The predicted molar refractivity (Wildman–Crippen MR) is 121 cm³/mol. The first-order chi connectivity index (χ1) is 15.1. The number of hydrogen-bond acceptors (Lipinski definition) is 3. The molecule has 5 nitrogen and oxygen atoms in total. The van der Waals surface area contributed by atoms with Crippen LogP contribution in [0.15, 0.2) is 71.5 Å². The van der Waals surface area contributed by atoms with Crippen LogP contribution < -0.4 is 10.3 Å². The lowest BCUT2D eigenvalue weighted by atomic mass is 9.82. The van der Waals surface area contributed by atoms with Crippen LogP contribution in [0.2, 0.25) is 5.02 Å². The number of piperidine rings is 1. The van der Waals surface area contributed by atoms with Crippen LogP contribution in [0, 0.1) is 5.92 Å². The summed E-state index contributed by atoms with van der Waals surface area (Å²) in [4.78, 5) is 27.9. The number of hydrogen-bond donors (Lipinski definition) is 0. The second-order valence-electron chi connectivity index (χ2n) is 8.29. The van der Waals surface area contributed by atoms with Gasteiger partial charge in [-0.3, -0.25) is 9.59 Å². The van der Waals surface area contributed by atoms with Gasteiger partial charge in [0.05, 0.1) is 0 Å². The fraction of sp³-hybridized carbons (Fsp3) is 0.280. The first-order valence-corrected chi connectivity index (χ1v) is 10.9. The van der Waals surface area contributed by atoms with Crippen molar-refractivity contribution >= 4 is 17.5 Å². The number of benzene rings is 2. The second-order valence-corrected chi connectivity index (χ2v) is 8.73. The van der Waals surface area contributed by atoms with E-state index in [-0.39, 0.29) is 29.9 Å². The molecule has 5 rings (SSSR count). The fourth-order valence-corrected chi connectivity index (χ4v) is 4.88. The maximum absolute atomic E-state index is 13.2. The summed E-state index contributed by atoms with van der Waals surface area (Å²) in [5.41, 5.74) is 2.60. The van der Waals surface area contributed by atoms with Crippen molar-refractivity contribution in [1.29, 1.82) is 0 Å². The van der Waals surface area contributed by atoms with Crippen LogP contribution in [0.1, 0.15) is 18.0 Å². The fourth-order valence-electron chi connectivity index (χ4n) is 4.75. The van der Waals surface area contributed by atoms with Gasteiger partial charge in [-0.2, -0.15) is 0 Å². The maximum Gasteiger partial charge on any atom is 0.260 e. The van der Waals surface area contributed by atoms with Crippen LogP contribution in [-0.2, 0) is 11.3 Å². The van der Waals surface area contributed by atoms with E-state index < -0.39 is 0 Å². The summed E-state index contributed by atoms with van der Waals surface area (Å²) >= 11 is 5.99. The molecule has 1 fully saturated rings. The molecule has 3 aromatic rings. The highest BCUT2D eigenvalue weighted by atomic mass is 35.5. The van der Waals surface area contributed by atoms with Crippen molar-refractivity contribution in [1.82, 2.24) is 9.47 Å². The average Bonchev–Trinajstić information content (AvgIpc) is 2.79. The molecule has 2 aromatic carbocycles. The van der Waals surface area contributed by atoms with Crippen molar-refractivity contribution in [2.24, 2.45) is 5.92 Å². The largest absolute Gasteiger partial charge is 0.484 e. The van der Waals surface area contributed by atoms with Crippen molar-refractivity contribution < 1.29 is 9.53 Å². The Labute approximate surface area is 185 Å². The van der Waals surface area contributed by atoms with Crippen molar-refractivity contribution in [3.8, 4) is 16.9 Å². The van der Waals surface area contributed by atoms with E-state index in [1.807, 2.05) is 64.1 Å². The van der Waals surface area contributed by atoms with Gasteiger partial charge in [-0.05, 0) is 54.3 Å². The molecule has 0 radical (unpaired) electrons. The quantitative estimate of drug-likeness (QED) is 0.618. The van der Waals surface area contributed by atoms with Crippen LogP contribution >= 0.6 is 11.6 Å². The van der Waals surface area contributed by atoms with E-state index in [1.54, 1.807) is 12.1 Å². The van der Waals surface area contributed by atoms with E-state index in [0.717, 1.165) is 17.7 Å². The number of amides is 1. The van der Waals surface area contributed by atoms with Crippen LogP contribution in [0.5, 0.6) is 5.75 Å². The van der Waals surface area contributed by atoms with Crippen LogP contribution in [0.25, 0.3) is 11.1 Å². The van der Waals surface area contributed by atoms with E-state index >= 15 is 0 Å². The Hall–Kier alpha value is -3.05. The summed E-state index contributed by atoms with van der Waals surface area (Å²) in [5.74, 6) is 1.12. The van der Waals surface area contributed by atoms with E-state index in [2.05, 4.69) is 0 Å². The van der Waals surface area contributed by atoms with E-state index in [0.29, 0.717) is 36.0 Å². The van der Waals surface area contributed by atoms with Gasteiger partial charge in [0.2, 0.25) is 0 Å². The molecule has 3 heterocycles. The lowest BCUT2D eigenvalue weighted by Gasteiger charge is -2.42. The first kappa shape index (κ1) is 19.9. The summed E-state index contributed by atoms with van der Waals surface area (Å²) in [6.45, 7) is 1.94. The standard InChI is InChI=1S/C25H23ClN2O3/c26-20-8-6-18(7-9-20)22-10-11-23-19-12-17(14-28(23)25(22)30)13-27(15-19)24(29)16-31-21-4-2-1-3-5-21/h1-11,17,19H,12-16H2/t17-,19+/m0/s1. The van der Waals surface area contributed by atoms with Crippen LogP contribution in [-0.4, -0.2) is 35.1 Å². The molecule has 0 aliphatic carbocycles. The van der Waals surface area contributed by atoms with Crippen molar-refractivity contribution in [3.05, 3.63) is 87.8 Å². The molecule has 31 heavy (non-hydrogen) atoms. The molecule has 2 aliphatic rings. The number of nitrogens with zero attached hydrogens (tertiary/aromatic N) is 2. The molecule has 0 N–H and O–H groups in total.